The first-order valence-electron chi connectivity index (χ1n) is 7.79. The van der Waals surface area contributed by atoms with Gasteiger partial charge in [0.15, 0.2) is 6.61 Å². The van der Waals surface area contributed by atoms with Crippen molar-refractivity contribution < 1.29 is 14.3 Å². The molecule has 24 heavy (non-hydrogen) atoms. The molecular weight excluding hydrogens is 398 g/mol. The highest BCUT2D eigenvalue weighted by molar-refractivity contribution is 9.10. The van der Waals surface area contributed by atoms with Crippen molar-refractivity contribution in [1.29, 1.82) is 0 Å². The minimum Gasteiger partial charge on any atom is -0.484 e. The van der Waals surface area contributed by atoms with E-state index < -0.39 is 0 Å². The third-order valence-electron chi connectivity index (χ3n) is 4.25. The number of ether oxygens (including phenoxy) is 1. The molecule has 3 rings (SSSR count). The summed E-state index contributed by atoms with van der Waals surface area (Å²) in [5, 5.41) is 3.11. The van der Waals surface area contributed by atoms with Gasteiger partial charge in [-0.05, 0) is 24.3 Å². The normalized spacial score (nSPS) is 17.7. The maximum atomic E-state index is 12.2. The Morgan fingerprint density at radius 3 is 2.21 bits per heavy atom. The molecule has 2 aliphatic rings. The van der Waals surface area contributed by atoms with Gasteiger partial charge in [0.25, 0.3) is 5.91 Å². The van der Waals surface area contributed by atoms with Crippen LogP contribution in [0.3, 0.4) is 0 Å². The van der Waals surface area contributed by atoms with Crippen LogP contribution in [0.4, 0.5) is 0 Å². The Labute approximate surface area is 156 Å². The molecule has 1 aromatic carbocycles. The Hall–Kier alpha value is -1.31. The van der Waals surface area contributed by atoms with E-state index in [-0.39, 0.29) is 36.7 Å². The van der Waals surface area contributed by atoms with Gasteiger partial charge < -0.3 is 19.9 Å². The van der Waals surface area contributed by atoms with Gasteiger partial charge >= 0.3 is 0 Å². The minimum absolute atomic E-state index is 0. The first kappa shape index (κ1) is 19.0. The van der Waals surface area contributed by atoms with Crippen LogP contribution in [0.5, 0.6) is 5.75 Å². The maximum Gasteiger partial charge on any atom is 0.260 e. The fourth-order valence-electron chi connectivity index (χ4n) is 2.66. The molecule has 0 radical (unpaired) electrons. The van der Waals surface area contributed by atoms with Crippen LogP contribution in [-0.2, 0) is 9.59 Å². The quantitative estimate of drug-likeness (QED) is 0.796. The summed E-state index contributed by atoms with van der Waals surface area (Å²) in [6, 6.07) is 7.39. The van der Waals surface area contributed by atoms with Crippen LogP contribution in [0.1, 0.15) is 0 Å². The Morgan fingerprint density at radius 1 is 1.08 bits per heavy atom. The van der Waals surface area contributed by atoms with Gasteiger partial charge in [-0.1, -0.05) is 15.9 Å². The molecule has 132 valence electrons. The van der Waals surface area contributed by atoms with Crippen molar-refractivity contribution in [2.75, 3.05) is 45.9 Å². The van der Waals surface area contributed by atoms with Crippen LogP contribution < -0.4 is 10.1 Å². The van der Waals surface area contributed by atoms with Crippen molar-refractivity contribution in [3.05, 3.63) is 28.7 Å². The van der Waals surface area contributed by atoms with Crippen molar-refractivity contribution in [2.24, 2.45) is 5.92 Å². The summed E-state index contributed by atoms with van der Waals surface area (Å²) in [5.41, 5.74) is 0. The maximum absolute atomic E-state index is 12.2. The van der Waals surface area contributed by atoms with Gasteiger partial charge in [-0.2, -0.15) is 0 Å². The molecule has 2 fully saturated rings. The van der Waals surface area contributed by atoms with Gasteiger partial charge in [0, 0.05) is 43.7 Å². The molecule has 0 aliphatic carbocycles. The second-order valence-corrected chi connectivity index (χ2v) is 6.72. The molecule has 2 amide bonds. The summed E-state index contributed by atoms with van der Waals surface area (Å²) in [7, 11) is 0. The molecule has 0 atom stereocenters. The van der Waals surface area contributed by atoms with E-state index >= 15 is 0 Å². The molecule has 2 heterocycles. The van der Waals surface area contributed by atoms with Crippen LogP contribution in [0.25, 0.3) is 0 Å². The predicted octanol–water partition coefficient (Wildman–Crippen LogP) is 1.14. The average molecular weight is 419 g/mol. The van der Waals surface area contributed by atoms with Crippen LogP contribution in [0, 0.1) is 5.92 Å². The number of carbonyl (C=O) groups excluding carboxylic acids is 2. The molecule has 1 aromatic rings. The smallest absolute Gasteiger partial charge is 0.260 e. The third kappa shape index (κ3) is 4.62. The standard InChI is InChI=1S/C16H20BrN3O3.ClH/c17-13-1-3-14(4-2-13)23-11-15(21)19-5-7-20(8-6-19)16(22)12-9-18-10-12;/h1-4,12,18H,5-11H2;1H. The molecule has 6 nitrogen and oxygen atoms in total. The molecular formula is C16H21BrClN3O3. The zero-order valence-corrected chi connectivity index (χ0v) is 15.6. The largest absolute Gasteiger partial charge is 0.484 e. The predicted molar refractivity (Wildman–Crippen MR) is 96.4 cm³/mol. The van der Waals surface area contributed by atoms with Gasteiger partial charge in [-0.15, -0.1) is 12.4 Å². The van der Waals surface area contributed by atoms with Crippen LogP contribution in [0.15, 0.2) is 28.7 Å². The topological polar surface area (TPSA) is 61.9 Å². The third-order valence-corrected chi connectivity index (χ3v) is 4.78. The van der Waals surface area contributed by atoms with Gasteiger partial charge in [-0.3, -0.25) is 9.59 Å². The SMILES string of the molecule is Cl.O=C(COc1ccc(Br)cc1)N1CCN(C(=O)C2CNC2)CC1. The van der Waals surface area contributed by atoms with Crippen LogP contribution >= 0.6 is 28.3 Å². The highest BCUT2D eigenvalue weighted by Gasteiger charge is 2.31. The van der Waals surface area contributed by atoms with Gasteiger partial charge in [0.1, 0.15) is 5.75 Å². The lowest BCUT2D eigenvalue weighted by Crippen LogP contribution is -2.57. The second-order valence-electron chi connectivity index (χ2n) is 5.80. The number of piperazine rings is 1. The summed E-state index contributed by atoms with van der Waals surface area (Å²) in [6.45, 7) is 3.96. The number of nitrogens with zero attached hydrogens (tertiary/aromatic N) is 2. The highest BCUT2D eigenvalue weighted by Crippen LogP contribution is 2.16. The van der Waals surface area contributed by atoms with Crippen molar-refractivity contribution >= 4 is 40.2 Å². The Bertz CT molecular complexity index is 572. The molecule has 0 unspecified atom stereocenters. The molecule has 8 heteroatoms. The number of rotatable bonds is 4. The lowest BCUT2D eigenvalue weighted by Gasteiger charge is -2.38. The van der Waals surface area contributed by atoms with E-state index in [1.807, 2.05) is 29.2 Å². The number of hydrogen-bond donors (Lipinski definition) is 1. The summed E-state index contributed by atoms with van der Waals surface area (Å²) in [4.78, 5) is 28.0. The molecule has 2 saturated heterocycles. The van der Waals surface area contributed by atoms with Crippen LogP contribution in [0.2, 0.25) is 0 Å². The molecule has 1 N–H and O–H groups in total. The zero-order chi connectivity index (χ0) is 16.2. The van der Waals surface area contributed by atoms with Crippen molar-refractivity contribution in [3.63, 3.8) is 0 Å². The highest BCUT2D eigenvalue weighted by atomic mass is 79.9. The van der Waals surface area contributed by atoms with Crippen molar-refractivity contribution in [3.8, 4) is 5.75 Å². The fourth-order valence-corrected chi connectivity index (χ4v) is 2.93. The van der Waals surface area contributed by atoms with E-state index in [1.165, 1.54) is 0 Å². The van der Waals surface area contributed by atoms with E-state index in [9.17, 15) is 9.59 Å². The number of hydrogen-bond acceptors (Lipinski definition) is 4. The molecule has 0 bridgehead atoms. The fraction of sp³-hybridized carbons (Fsp3) is 0.500. The molecule has 0 aromatic heterocycles. The Kier molecular flexibility index (Phi) is 6.89. The van der Waals surface area contributed by atoms with E-state index in [0.717, 1.165) is 17.6 Å². The minimum atomic E-state index is -0.0367. The number of benzene rings is 1. The number of carbonyl (C=O) groups is 2. The van der Waals surface area contributed by atoms with Crippen molar-refractivity contribution in [2.45, 2.75) is 0 Å². The lowest BCUT2D eigenvalue weighted by molar-refractivity contribution is -0.144. The monoisotopic (exact) mass is 417 g/mol. The number of amides is 2. The summed E-state index contributed by atoms with van der Waals surface area (Å²) < 4.78 is 6.49. The van der Waals surface area contributed by atoms with Gasteiger partial charge in [-0.25, -0.2) is 0 Å². The van der Waals surface area contributed by atoms with Gasteiger partial charge in [0.05, 0.1) is 5.92 Å². The average Bonchev–Trinajstić information content (AvgIpc) is 2.52. The van der Waals surface area contributed by atoms with E-state index in [2.05, 4.69) is 21.2 Å². The first-order valence-corrected chi connectivity index (χ1v) is 8.58. The molecule has 0 spiro atoms. The Morgan fingerprint density at radius 2 is 1.67 bits per heavy atom. The molecule has 2 aliphatic heterocycles. The van der Waals surface area contributed by atoms with Crippen LogP contribution in [-0.4, -0.2) is 67.5 Å². The number of nitrogens with one attached hydrogen (secondary N) is 1. The van der Waals surface area contributed by atoms with Crippen molar-refractivity contribution in [1.82, 2.24) is 15.1 Å². The molecule has 0 saturated carbocycles. The van der Waals surface area contributed by atoms with E-state index in [1.54, 1.807) is 4.90 Å². The number of halogens is 2. The summed E-state index contributed by atoms with van der Waals surface area (Å²) >= 11 is 3.36. The second kappa shape index (κ2) is 8.69. The zero-order valence-electron chi connectivity index (χ0n) is 13.2. The lowest BCUT2D eigenvalue weighted by atomic mass is 10.0. The van der Waals surface area contributed by atoms with E-state index in [0.29, 0.717) is 31.9 Å². The Balaban J connectivity index is 0.00000208. The van der Waals surface area contributed by atoms with E-state index in [4.69, 9.17) is 4.74 Å². The first-order chi connectivity index (χ1) is 11.1. The summed E-state index contributed by atoms with van der Waals surface area (Å²) in [5.74, 6) is 0.970. The summed E-state index contributed by atoms with van der Waals surface area (Å²) in [6.07, 6.45) is 0. The van der Waals surface area contributed by atoms with Gasteiger partial charge in [0.2, 0.25) is 5.91 Å².